The van der Waals surface area contributed by atoms with Gasteiger partial charge >= 0.3 is 0 Å². The van der Waals surface area contributed by atoms with Crippen molar-refractivity contribution in [3.05, 3.63) is 0 Å². The van der Waals surface area contributed by atoms with Crippen LogP contribution in [0.3, 0.4) is 0 Å². The van der Waals surface area contributed by atoms with E-state index in [1.807, 2.05) is 13.8 Å². The van der Waals surface area contributed by atoms with Gasteiger partial charge in [0.15, 0.2) is 0 Å². The number of carbonyl (C=O) groups excluding carboxylic acids is 1. The van der Waals surface area contributed by atoms with E-state index in [1.165, 1.54) is 0 Å². The van der Waals surface area contributed by atoms with Crippen molar-refractivity contribution in [3.63, 3.8) is 0 Å². The van der Waals surface area contributed by atoms with Crippen LogP contribution in [0.4, 0.5) is 0 Å². The van der Waals surface area contributed by atoms with E-state index in [4.69, 9.17) is 9.68 Å². The zero-order valence-electron chi connectivity index (χ0n) is 6.29. The van der Waals surface area contributed by atoms with Gasteiger partial charge in [0.05, 0.1) is 13.2 Å². The van der Waals surface area contributed by atoms with E-state index in [1.54, 1.807) is 6.29 Å². The average Bonchev–Trinajstić information content (AvgIpc) is 1.90. The Hall–Kier alpha value is -0.450. The Labute approximate surface area is 60.6 Å². The summed E-state index contributed by atoms with van der Waals surface area (Å²) in [5.74, 6) is 0. The van der Waals surface area contributed by atoms with Crippen LogP contribution in [0.5, 0.6) is 0 Å². The third-order valence-electron chi connectivity index (χ3n) is 0.740. The minimum Gasteiger partial charge on any atom is -0.289 e. The van der Waals surface area contributed by atoms with Gasteiger partial charge in [0.1, 0.15) is 6.54 Å². The molecule has 0 aliphatic heterocycles. The van der Waals surface area contributed by atoms with E-state index in [0.717, 1.165) is 5.23 Å². The van der Waals surface area contributed by atoms with Crippen molar-refractivity contribution in [2.45, 2.75) is 13.8 Å². The molecular weight excluding hydrogens is 134 g/mol. The second-order valence-corrected chi connectivity index (χ2v) is 1.47. The highest BCUT2D eigenvalue weighted by Gasteiger charge is 2.01. The van der Waals surface area contributed by atoms with Gasteiger partial charge in [0.2, 0.25) is 6.29 Å². The molecule has 0 saturated heterocycles. The second kappa shape index (κ2) is 6.67. The summed E-state index contributed by atoms with van der Waals surface area (Å²) in [5, 5.41) is 1.12. The molecule has 0 fully saturated rings. The molecule has 0 spiro atoms. The zero-order chi connectivity index (χ0) is 7.82. The quantitative estimate of drug-likeness (QED) is 0.505. The third kappa shape index (κ3) is 4.43. The van der Waals surface area contributed by atoms with E-state index in [2.05, 4.69) is 0 Å². The molecule has 0 unspecified atom stereocenters. The number of hydroxylamine groups is 2. The SMILES string of the molecule is CCON(C[C]=O)OCC. The van der Waals surface area contributed by atoms with Gasteiger partial charge in [-0.1, -0.05) is 5.23 Å². The van der Waals surface area contributed by atoms with Crippen LogP contribution in [0.25, 0.3) is 0 Å². The molecule has 0 amide bonds. The fourth-order valence-electron chi connectivity index (χ4n) is 0.469. The van der Waals surface area contributed by atoms with Gasteiger partial charge in [-0.3, -0.25) is 14.5 Å². The molecule has 0 aromatic heterocycles. The highest BCUT2D eigenvalue weighted by atomic mass is 16.9. The molecule has 0 aliphatic rings. The maximum Gasteiger partial charge on any atom is 0.218 e. The molecule has 4 nitrogen and oxygen atoms in total. The first-order valence-electron chi connectivity index (χ1n) is 3.23. The predicted molar refractivity (Wildman–Crippen MR) is 35.7 cm³/mol. The van der Waals surface area contributed by atoms with Crippen LogP contribution in [-0.2, 0) is 14.5 Å². The van der Waals surface area contributed by atoms with E-state index < -0.39 is 0 Å². The maximum absolute atomic E-state index is 9.84. The molecule has 0 N–H and O–H groups in total. The van der Waals surface area contributed by atoms with Gasteiger partial charge in [0, 0.05) is 0 Å². The lowest BCUT2D eigenvalue weighted by atomic mass is 10.8. The van der Waals surface area contributed by atoms with Crippen LogP contribution >= 0.6 is 0 Å². The fraction of sp³-hybridized carbons (Fsp3) is 0.833. The van der Waals surface area contributed by atoms with Crippen LogP contribution in [-0.4, -0.2) is 31.3 Å². The highest BCUT2D eigenvalue weighted by molar-refractivity contribution is 5.52. The molecule has 4 heteroatoms. The van der Waals surface area contributed by atoms with Gasteiger partial charge in [-0.25, -0.2) is 0 Å². The molecule has 0 bridgehead atoms. The number of nitrogens with zero attached hydrogens (tertiary/aromatic N) is 1. The van der Waals surface area contributed by atoms with E-state index in [0.29, 0.717) is 13.2 Å². The Morgan fingerprint density at radius 3 is 2.10 bits per heavy atom. The smallest absolute Gasteiger partial charge is 0.218 e. The second-order valence-electron chi connectivity index (χ2n) is 1.47. The van der Waals surface area contributed by atoms with Crippen LogP contribution in [0.1, 0.15) is 13.8 Å². The predicted octanol–water partition coefficient (Wildman–Crippen LogP) is 0.301. The summed E-state index contributed by atoms with van der Waals surface area (Å²) in [4.78, 5) is 19.6. The Morgan fingerprint density at radius 2 is 1.80 bits per heavy atom. The molecule has 59 valence electrons. The number of hydrogen-bond donors (Lipinski definition) is 0. The lowest BCUT2D eigenvalue weighted by Gasteiger charge is -2.15. The number of hydrogen-bond acceptors (Lipinski definition) is 4. The van der Waals surface area contributed by atoms with Crippen molar-refractivity contribution in [3.8, 4) is 0 Å². The standard InChI is InChI=1S/C6H12NO3/c1-3-9-7(5-6-8)10-4-2/h3-5H2,1-2H3. The normalized spacial score (nSPS) is 10.3. The Balaban J connectivity index is 3.38. The van der Waals surface area contributed by atoms with Gasteiger partial charge in [-0.05, 0) is 13.8 Å². The molecule has 0 heterocycles. The van der Waals surface area contributed by atoms with Crippen LogP contribution in [0, 0.1) is 0 Å². The summed E-state index contributed by atoms with van der Waals surface area (Å²) in [6, 6.07) is 0. The summed E-state index contributed by atoms with van der Waals surface area (Å²) >= 11 is 0. The molecule has 0 rings (SSSR count). The largest absolute Gasteiger partial charge is 0.289 e. The first-order chi connectivity index (χ1) is 4.85. The van der Waals surface area contributed by atoms with Crippen LogP contribution in [0.2, 0.25) is 0 Å². The Kier molecular flexibility index (Phi) is 6.37. The van der Waals surface area contributed by atoms with E-state index >= 15 is 0 Å². The molecule has 0 atom stereocenters. The van der Waals surface area contributed by atoms with Crippen molar-refractivity contribution in [2.24, 2.45) is 0 Å². The zero-order valence-corrected chi connectivity index (χ0v) is 6.29. The van der Waals surface area contributed by atoms with Gasteiger partial charge in [-0.15, -0.1) is 0 Å². The number of rotatable bonds is 6. The topological polar surface area (TPSA) is 38.8 Å². The van der Waals surface area contributed by atoms with Crippen molar-refractivity contribution in [1.82, 2.24) is 5.23 Å². The summed E-state index contributed by atoms with van der Waals surface area (Å²) in [6.07, 6.45) is 1.66. The molecular formula is C6H12NO3. The molecule has 0 aliphatic carbocycles. The average molecular weight is 146 g/mol. The first-order valence-corrected chi connectivity index (χ1v) is 3.23. The lowest BCUT2D eigenvalue weighted by molar-refractivity contribution is -0.356. The van der Waals surface area contributed by atoms with Crippen LogP contribution < -0.4 is 0 Å². The first kappa shape index (κ1) is 9.55. The molecule has 0 aromatic carbocycles. The summed E-state index contributed by atoms with van der Waals surface area (Å²) in [5.41, 5.74) is 0. The maximum atomic E-state index is 9.84. The Morgan fingerprint density at radius 1 is 1.30 bits per heavy atom. The summed E-state index contributed by atoms with van der Waals surface area (Å²) in [6.45, 7) is 4.64. The highest BCUT2D eigenvalue weighted by Crippen LogP contribution is 1.88. The van der Waals surface area contributed by atoms with E-state index in [-0.39, 0.29) is 6.54 Å². The minimum atomic E-state index is 0.0294. The van der Waals surface area contributed by atoms with Crippen LogP contribution in [0.15, 0.2) is 0 Å². The monoisotopic (exact) mass is 146 g/mol. The van der Waals surface area contributed by atoms with Crippen molar-refractivity contribution >= 4 is 6.29 Å². The fourth-order valence-corrected chi connectivity index (χ4v) is 0.469. The van der Waals surface area contributed by atoms with Crippen molar-refractivity contribution in [2.75, 3.05) is 19.8 Å². The molecule has 10 heavy (non-hydrogen) atoms. The Bertz CT molecular complexity index is 81.1. The van der Waals surface area contributed by atoms with Gasteiger partial charge in [0.25, 0.3) is 0 Å². The molecule has 0 saturated carbocycles. The summed E-state index contributed by atoms with van der Waals surface area (Å²) < 4.78 is 0. The third-order valence-corrected chi connectivity index (χ3v) is 0.740. The summed E-state index contributed by atoms with van der Waals surface area (Å²) in [7, 11) is 0. The molecule has 0 aromatic rings. The lowest BCUT2D eigenvalue weighted by Crippen LogP contribution is -2.26. The van der Waals surface area contributed by atoms with Crippen molar-refractivity contribution < 1.29 is 14.5 Å². The van der Waals surface area contributed by atoms with Gasteiger partial charge < -0.3 is 0 Å². The van der Waals surface area contributed by atoms with E-state index in [9.17, 15) is 4.79 Å². The van der Waals surface area contributed by atoms with Gasteiger partial charge in [-0.2, -0.15) is 0 Å². The minimum absolute atomic E-state index is 0.0294. The molecule has 1 radical (unpaired) electrons. The van der Waals surface area contributed by atoms with Crippen molar-refractivity contribution in [1.29, 1.82) is 0 Å².